The highest BCUT2D eigenvalue weighted by Gasteiger charge is 2.36. The number of aromatic nitrogens is 2. The third kappa shape index (κ3) is 3.60. The molecule has 2 heterocycles. The molecule has 0 aliphatic carbocycles. The van der Waals surface area contributed by atoms with Gasteiger partial charge in [-0.3, -0.25) is 9.69 Å². The number of nitrogens with zero attached hydrogens (tertiary/aromatic N) is 3. The van der Waals surface area contributed by atoms with Crippen molar-refractivity contribution in [2.24, 2.45) is 7.05 Å². The Bertz CT molecular complexity index is 748. The molecule has 1 aromatic carbocycles. The molecule has 1 N–H and O–H groups in total. The summed E-state index contributed by atoms with van der Waals surface area (Å²) in [6, 6.07) is 4.68. The van der Waals surface area contributed by atoms with Crippen LogP contribution < -0.4 is 5.32 Å². The largest absolute Gasteiger partial charge is 0.352 e. The maximum atomic E-state index is 14.0. The van der Waals surface area contributed by atoms with Gasteiger partial charge >= 0.3 is 0 Å². The highest BCUT2D eigenvalue weighted by Crippen LogP contribution is 2.28. The summed E-state index contributed by atoms with van der Waals surface area (Å²) < 4.78 is 16.0. The van der Waals surface area contributed by atoms with Crippen molar-refractivity contribution in [3.8, 4) is 0 Å². The molecule has 7 heteroatoms. The molecule has 2 aromatic rings. The van der Waals surface area contributed by atoms with E-state index in [0.29, 0.717) is 30.2 Å². The van der Waals surface area contributed by atoms with Crippen LogP contribution in [0.4, 0.5) is 4.39 Å². The molecule has 1 aliphatic heterocycles. The average molecular weight is 351 g/mol. The normalized spacial score (nSPS) is 21.2. The first kappa shape index (κ1) is 16.9. The summed E-state index contributed by atoms with van der Waals surface area (Å²) in [5.74, 6) is 0.620. The van der Waals surface area contributed by atoms with Crippen LogP contribution in [0.1, 0.15) is 24.2 Å². The Kier molecular flexibility index (Phi) is 4.87. The summed E-state index contributed by atoms with van der Waals surface area (Å²) >= 11 is 5.81. The molecule has 3 rings (SSSR count). The van der Waals surface area contributed by atoms with Crippen LogP contribution in [-0.2, 0) is 18.4 Å². The lowest BCUT2D eigenvalue weighted by molar-refractivity contribution is -0.119. The number of hydrogen-bond donors (Lipinski definition) is 1. The van der Waals surface area contributed by atoms with Gasteiger partial charge in [0.2, 0.25) is 5.91 Å². The lowest BCUT2D eigenvalue weighted by Gasteiger charge is -2.18. The van der Waals surface area contributed by atoms with Gasteiger partial charge in [0.1, 0.15) is 11.6 Å². The molecule has 1 fully saturated rings. The summed E-state index contributed by atoms with van der Waals surface area (Å²) in [7, 11) is 1.94. The predicted octanol–water partition coefficient (Wildman–Crippen LogP) is 2.32. The first-order valence-electron chi connectivity index (χ1n) is 7.84. The van der Waals surface area contributed by atoms with E-state index in [1.807, 2.05) is 17.8 Å². The van der Waals surface area contributed by atoms with E-state index >= 15 is 0 Å². The zero-order valence-corrected chi connectivity index (χ0v) is 14.4. The Balaban J connectivity index is 1.79. The van der Waals surface area contributed by atoms with Crippen LogP contribution in [0.15, 0.2) is 30.6 Å². The minimum atomic E-state index is -0.306. The van der Waals surface area contributed by atoms with Gasteiger partial charge in [0.25, 0.3) is 0 Å². The molecule has 24 heavy (non-hydrogen) atoms. The molecule has 1 amide bonds. The number of carbonyl (C=O) groups excluding carboxylic acids is 1. The van der Waals surface area contributed by atoms with Gasteiger partial charge in [0, 0.05) is 56.6 Å². The van der Waals surface area contributed by atoms with Crippen LogP contribution in [-0.4, -0.2) is 39.5 Å². The minimum Gasteiger partial charge on any atom is -0.352 e. The summed E-state index contributed by atoms with van der Waals surface area (Å²) in [4.78, 5) is 18.1. The molecule has 0 bridgehead atoms. The molecule has 0 saturated carbocycles. The zero-order valence-electron chi connectivity index (χ0n) is 13.7. The number of halogens is 2. The Morgan fingerprint density at radius 1 is 1.46 bits per heavy atom. The van der Waals surface area contributed by atoms with Gasteiger partial charge in [0.15, 0.2) is 0 Å². The second kappa shape index (κ2) is 6.91. The maximum Gasteiger partial charge on any atom is 0.217 e. The quantitative estimate of drug-likeness (QED) is 0.920. The molecule has 1 aliphatic rings. The number of hydrogen-bond acceptors (Lipinski definition) is 3. The van der Waals surface area contributed by atoms with E-state index in [4.69, 9.17) is 11.6 Å². The van der Waals surface area contributed by atoms with E-state index in [2.05, 4.69) is 15.2 Å². The van der Waals surface area contributed by atoms with Gasteiger partial charge < -0.3 is 9.88 Å². The Hall–Kier alpha value is -1.92. The summed E-state index contributed by atoms with van der Waals surface area (Å²) in [6.45, 7) is 3.34. The molecule has 1 aromatic heterocycles. The number of rotatable bonds is 4. The third-order valence-electron chi connectivity index (χ3n) is 4.38. The Morgan fingerprint density at radius 2 is 2.25 bits per heavy atom. The number of carbonyl (C=O) groups is 1. The fraction of sp³-hybridized carbons (Fsp3) is 0.412. The van der Waals surface area contributed by atoms with Gasteiger partial charge in [-0.25, -0.2) is 9.37 Å². The molecule has 128 valence electrons. The van der Waals surface area contributed by atoms with Gasteiger partial charge in [-0.15, -0.1) is 0 Å². The van der Waals surface area contributed by atoms with Crippen LogP contribution in [0.25, 0.3) is 0 Å². The molecule has 2 atom stereocenters. The van der Waals surface area contributed by atoms with E-state index in [0.717, 1.165) is 5.82 Å². The predicted molar refractivity (Wildman–Crippen MR) is 90.2 cm³/mol. The molecule has 1 saturated heterocycles. The van der Waals surface area contributed by atoms with E-state index in [9.17, 15) is 9.18 Å². The van der Waals surface area contributed by atoms with Crippen molar-refractivity contribution in [1.29, 1.82) is 0 Å². The van der Waals surface area contributed by atoms with E-state index < -0.39 is 0 Å². The first-order chi connectivity index (χ1) is 11.4. The summed E-state index contributed by atoms with van der Waals surface area (Å²) in [5.41, 5.74) is 0.599. The van der Waals surface area contributed by atoms with Crippen molar-refractivity contribution in [2.75, 3.05) is 13.1 Å². The van der Waals surface area contributed by atoms with Crippen molar-refractivity contribution in [3.63, 3.8) is 0 Å². The number of aryl methyl sites for hydroxylation is 1. The van der Waals surface area contributed by atoms with Gasteiger partial charge in [-0.1, -0.05) is 17.7 Å². The van der Waals surface area contributed by atoms with Crippen LogP contribution in [0.2, 0.25) is 5.02 Å². The monoisotopic (exact) mass is 350 g/mol. The fourth-order valence-electron chi connectivity index (χ4n) is 3.31. The third-order valence-corrected chi connectivity index (χ3v) is 4.62. The summed E-state index contributed by atoms with van der Waals surface area (Å²) in [6.07, 6.45) is 3.64. The maximum absolute atomic E-state index is 14.0. The average Bonchev–Trinajstić information content (AvgIpc) is 3.07. The van der Waals surface area contributed by atoms with Crippen molar-refractivity contribution in [2.45, 2.75) is 25.4 Å². The van der Waals surface area contributed by atoms with Gasteiger partial charge in [0.05, 0.1) is 12.0 Å². The van der Waals surface area contributed by atoms with E-state index in [-0.39, 0.29) is 23.7 Å². The van der Waals surface area contributed by atoms with E-state index in [1.165, 1.54) is 13.0 Å². The Morgan fingerprint density at radius 3 is 2.88 bits per heavy atom. The van der Waals surface area contributed by atoms with Gasteiger partial charge in [-0.05, 0) is 12.1 Å². The van der Waals surface area contributed by atoms with Crippen LogP contribution >= 0.6 is 11.6 Å². The van der Waals surface area contributed by atoms with Crippen molar-refractivity contribution >= 4 is 17.5 Å². The molecule has 0 spiro atoms. The van der Waals surface area contributed by atoms with Gasteiger partial charge in [-0.2, -0.15) is 0 Å². The second-order valence-corrected chi connectivity index (χ2v) is 6.68. The highest BCUT2D eigenvalue weighted by atomic mass is 35.5. The summed E-state index contributed by atoms with van der Waals surface area (Å²) in [5, 5.41) is 3.39. The Labute approximate surface area is 145 Å². The molecular weight excluding hydrogens is 331 g/mol. The molecule has 5 nitrogen and oxygen atoms in total. The zero-order chi connectivity index (χ0) is 17.3. The number of imidazole rings is 1. The van der Waals surface area contributed by atoms with Crippen molar-refractivity contribution in [1.82, 2.24) is 19.8 Å². The number of amides is 1. The molecule has 0 unspecified atom stereocenters. The lowest BCUT2D eigenvalue weighted by Crippen LogP contribution is -2.39. The van der Waals surface area contributed by atoms with Crippen LogP contribution in [0.3, 0.4) is 0 Å². The smallest absolute Gasteiger partial charge is 0.217 e. The number of benzene rings is 1. The second-order valence-electron chi connectivity index (χ2n) is 6.24. The van der Waals surface area contributed by atoms with Crippen LogP contribution in [0.5, 0.6) is 0 Å². The highest BCUT2D eigenvalue weighted by molar-refractivity contribution is 6.30. The van der Waals surface area contributed by atoms with Crippen LogP contribution in [0, 0.1) is 5.82 Å². The lowest BCUT2D eigenvalue weighted by atomic mass is 10.0. The standard InChI is InChI=1S/C17H20ClFN4O/c1-11(24)21-16-10-23(8-12-3-4-13(18)7-15(12)19)9-14(16)17-20-5-6-22(17)2/h3-7,14,16H,8-10H2,1-2H3,(H,21,24)/t14-,16-/m1/s1. The molecular formula is C17H20ClFN4O. The SMILES string of the molecule is CC(=O)N[C@@H]1CN(Cc2ccc(Cl)cc2F)C[C@H]1c1nccn1C. The van der Waals surface area contributed by atoms with E-state index in [1.54, 1.807) is 18.3 Å². The topological polar surface area (TPSA) is 50.2 Å². The van der Waals surface area contributed by atoms with Crippen molar-refractivity contribution in [3.05, 3.63) is 52.8 Å². The first-order valence-corrected chi connectivity index (χ1v) is 8.22. The van der Waals surface area contributed by atoms with Crippen molar-refractivity contribution < 1.29 is 9.18 Å². The number of nitrogens with one attached hydrogen (secondary N) is 1. The minimum absolute atomic E-state index is 0.0426. The fourth-order valence-corrected chi connectivity index (χ4v) is 3.47. The molecule has 0 radical (unpaired) electrons. The number of likely N-dealkylation sites (tertiary alicyclic amines) is 1.